The second-order valence-corrected chi connectivity index (χ2v) is 2.92. The van der Waals surface area contributed by atoms with Crippen LogP contribution in [0.2, 0.25) is 0 Å². The van der Waals surface area contributed by atoms with Crippen molar-refractivity contribution in [3.05, 3.63) is 0 Å². The van der Waals surface area contributed by atoms with Crippen molar-refractivity contribution in [1.82, 2.24) is 0 Å². The molecule has 61 valence electrons. The predicted molar refractivity (Wildman–Crippen MR) is 32.9 cm³/mol. The van der Waals surface area contributed by atoms with Crippen molar-refractivity contribution in [2.75, 3.05) is 6.61 Å². The van der Waals surface area contributed by atoms with Gasteiger partial charge in [0.25, 0.3) is 0 Å². The van der Waals surface area contributed by atoms with Crippen molar-refractivity contribution in [3.8, 4) is 0 Å². The smallest absolute Gasteiger partial charge is 0.303 e. The fourth-order valence-electron chi connectivity index (χ4n) is 0.328. The Bertz CT molecular complexity index is 112. The van der Waals surface area contributed by atoms with E-state index in [-0.39, 0.29) is 25.2 Å². The Hall–Kier alpha value is 0.694. The van der Waals surface area contributed by atoms with E-state index in [1.54, 1.807) is 0 Å². The number of hydrogen-bond acceptors (Lipinski definition) is 2. The van der Waals surface area contributed by atoms with Gasteiger partial charge in [-0.3, -0.25) is 4.52 Å². The van der Waals surface area contributed by atoms with Gasteiger partial charge < -0.3 is 9.79 Å². The second kappa shape index (κ2) is 6.41. The summed E-state index contributed by atoms with van der Waals surface area (Å²) in [5.74, 6) is 0. The molecule has 0 unspecified atom stereocenters. The van der Waals surface area contributed by atoms with Gasteiger partial charge >= 0.3 is 7.82 Å². The zero-order valence-electron chi connectivity index (χ0n) is 5.73. The zero-order valence-corrected chi connectivity index (χ0v) is 8.02. The normalized spacial score (nSPS) is 10.7. The van der Waals surface area contributed by atoms with Gasteiger partial charge in [-0.15, -0.1) is 0 Å². The zero-order chi connectivity index (χ0) is 7.33. The van der Waals surface area contributed by atoms with E-state index in [2.05, 4.69) is 4.52 Å². The molecule has 0 fully saturated rings. The van der Waals surface area contributed by atoms with Crippen molar-refractivity contribution in [1.29, 1.82) is 0 Å². The quantitative estimate of drug-likeness (QED) is 0.528. The van der Waals surface area contributed by atoms with Gasteiger partial charge in [0.2, 0.25) is 0 Å². The molecule has 0 atom stereocenters. The van der Waals surface area contributed by atoms with Gasteiger partial charge in [0, 0.05) is 18.6 Å². The maximum atomic E-state index is 9.98. The van der Waals surface area contributed by atoms with E-state index in [0.717, 1.165) is 6.42 Å². The van der Waals surface area contributed by atoms with Crippen molar-refractivity contribution in [2.24, 2.45) is 0 Å². The molecule has 6 heteroatoms. The fourth-order valence-corrected chi connectivity index (χ4v) is 0.695. The first-order valence-electron chi connectivity index (χ1n) is 2.76. The molecule has 10 heavy (non-hydrogen) atoms. The molecule has 0 aliphatic heterocycles. The first-order valence-corrected chi connectivity index (χ1v) is 4.29. The van der Waals surface area contributed by atoms with Crippen LogP contribution in [0.3, 0.4) is 0 Å². The number of hydrogen-bond donors (Lipinski definition) is 2. The summed E-state index contributed by atoms with van der Waals surface area (Å²) in [5.41, 5.74) is 0. The molecule has 0 spiro atoms. The van der Waals surface area contributed by atoms with Crippen LogP contribution in [0.1, 0.15) is 19.8 Å². The van der Waals surface area contributed by atoms with Crippen LogP contribution in [0.25, 0.3) is 0 Å². The molecule has 4 nitrogen and oxygen atoms in total. The standard InChI is InChI=1S/C4H11O4P.V/c1-2-3-4-8-9(5,6)7;/h2-4H2,1H3,(H2,5,6,7);. The van der Waals surface area contributed by atoms with E-state index in [1.807, 2.05) is 6.92 Å². The maximum Gasteiger partial charge on any atom is 0.469 e. The minimum absolute atomic E-state index is 0. The van der Waals surface area contributed by atoms with E-state index >= 15 is 0 Å². The summed E-state index contributed by atoms with van der Waals surface area (Å²) in [6, 6.07) is 0. The van der Waals surface area contributed by atoms with E-state index in [0.29, 0.717) is 6.42 Å². The topological polar surface area (TPSA) is 66.8 Å². The average Bonchev–Trinajstić information content (AvgIpc) is 1.63. The van der Waals surface area contributed by atoms with Crippen molar-refractivity contribution >= 4 is 7.82 Å². The number of phosphoric ester groups is 1. The van der Waals surface area contributed by atoms with Crippen LogP contribution in [0.5, 0.6) is 0 Å². The Morgan fingerprint density at radius 3 is 2.30 bits per heavy atom. The number of unbranched alkanes of at least 4 members (excludes halogenated alkanes) is 1. The van der Waals surface area contributed by atoms with Gasteiger partial charge in [-0.1, -0.05) is 13.3 Å². The minimum Gasteiger partial charge on any atom is -0.303 e. The summed E-state index contributed by atoms with van der Waals surface area (Å²) in [7, 11) is -4.20. The van der Waals surface area contributed by atoms with Crippen molar-refractivity contribution in [2.45, 2.75) is 19.8 Å². The minimum atomic E-state index is -4.20. The molecular formula is C4H11O4PV. The van der Waals surface area contributed by atoms with Gasteiger partial charge in [0.05, 0.1) is 6.61 Å². The maximum absolute atomic E-state index is 9.98. The molecule has 0 heterocycles. The van der Waals surface area contributed by atoms with Gasteiger partial charge in [-0.05, 0) is 6.42 Å². The Morgan fingerprint density at radius 2 is 2.00 bits per heavy atom. The molecule has 0 aromatic heterocycles. The Balaban J connectivity index is 0. The van der Waals surface area contributed by atoms with Crippen LogP contribution >= 0.6 is 7.82 Å². The van der Waals surface area contributed by atoms with Crippen LogP contribution < -0.4 is 0 Å². The molecule has 0 saturated heterocycles. The molecule has 2 N–H and O–H groups in total. The van der Waals surface area contributed by atoms with Crippen LogP contribution in [0, 0.1) is 0 Å². The van der Waals surface area contributed by atoms with Crippen LogP contribution in [-0.2, 0) is 27.6 Å². The third-order valence-electron chi connectivity index (χ3n) is 0.757. The summed E-state index contributed by atoms with van der Waals surface area (Å²) >= 11 is 0. The van der Waals surface area contributed by atoms with Gasteiger partial charge in [0.15, 0.2) is 0 Å². The number of rotatable bonds is 4. The van der Waals surface area contributed by atoms with Crippen molar-refractivity contribution in [3.63, 3.8) is 0 Å². The predicted octanol–water partition coefficient (Wildman–Crippen LogP) is 0.893. The summed E-state index contributed by atoms with van der Waals surface area (Å²) in [4.78, 5) is 16.3. The van der Waals surface area contributed by atoms with Gasteiger partial charge in [0.1, 0.15) is 0 Å². The Labute approximate surface area is 72.1 Å². The van der Waals surface area contributed by atoms with E-state index in [4.69, 9.17) is 9.79 Å². The Morgan fingerprint density at radius 1 is 1.50 bits per heavy atom. The van der Waals surface area contributed by atoms with Crippen LogP contribution in [-0.4, -0.2) is 16.4 Å². The third kappa shape index (κ3) is 11.5. The fraction of sp³-hybridized carbons (Fsp3) is 1.00. The SMILES string of the molecule is CCCCOP(=O)(O)O.[V]. The molecule has 1 radical (unpaired) electrons. The Kier molecular flexibility index (Phi) is 8.52. The van der Waals surface area contributed by atoms with Crippen LogP contribution in [0.15, 0.2) is 0 Å². The summed E-state index contributed by atoms with van der Waals surface area (Å²) < 4.78 is 14.1. The largest absolute Gasteiger partial charge is 0.469 e. The molecule has 0 aromatic rings. The molecule has 0 rings (SSSR count). The molecule has 0 aliphatic carbocycles. The first kappa shape index (κ1) is 13.3. The summed E-state index contributed by atoms with van der Waals surface area (Å²) in [6.45, 7) is 2.06. The monoisotopic (exact) mass is 205 g/mol. The molecule has 0 saturated carbocycles. The van der Waals surface area contributed by atoms with Gasteiger partial charge in [-0.2, -0.15) is 0 Å². The van der Waals surface area contributed by atoms with E-state index in [1.165, 1.54) is 0 Å². The summed E-state index contributed by atoms with van der Waals surface area (Å²) in [5, 5.41) is 0. The average molecular weight is 205 g/mol. The van der Waals surface area contributed by atoms with E-state index < -0.39 is 7.82 Å². The molecular weight excluding hydrogens is 194 g/mol. The van der Waals surface area contributed by atoms with Gasteiger partial charge in [-0.25, -0.2) is 4.57 Å². The van der Waals surface area contributed by atoms with Crippen molar-refractivity contribution < 1.29 is 37.4 Å². The second-order valence-electron chi connectivity index (χ2n) is 1.68. The van der Waals surface area contributed by atoms with E-state index in [9.17, 15) is 4.57 Å². The third-order valence-corrected chi connectivity index (χ3v) is 1.28. The summed E-state index contributed by atoms with van der Waals surface area (Å²) in [6.07, 6.45) is 1.56. The molecule has 0 amide bonds. The number of phosphoric acid groups is 1. The first-order chi connectivity index (χ1) is 4.06. The molecule has 0 aliphatic rings. The molecule has 0 bridgehead atoms. The van der Waals surface area contributed by atoms with Crippen LogP contribution in [0.4, 0.5) is 0 Å². The molecule has 0 aromatic carbocycles.